The molecule has 0 aromatic carbocycles. The van der Waals surface area contributed by atoms with Gasteiger partial charge in [-0.3, -0.25) is 0 Å². The van der Waals surface area contributed by atoms with E-state index in [-0.39, 0.29) is 0 Å². The molecule has 4 aliphatic carbocycles. The van der Waals surface area contributed by atoms with E-state index in [4.69, 9.17) is 0 Å². The second kappa shape index (κ2) is 3.87. The van der Waals surface area contributed by atoms with Gasteiger partial charge < -0.3 is 0 Å². The minimum absolute atomic E-state index is 0.800. The molecule has 14 heavy (non-hydrogen) atoms. The molecule has 0 aromatic heterocycles. The Morgan fingerprint density at radius 2 is 1.14 bits per heavy atom. The van der Waals surface area contributed by atoms with Gasteiger partial charge in [-0.05, 0) is 61.7 Å². The minimum Gasteiger partial charge on any atom is -0.0656 e. The van der Waals surface area contributed by atoms with Crippen LogP contribution in [0.4, 0.5) is 0 Å². The highest BCUT2D eigenvalue weighted by Crippen LogP contribution is 2.59. The van der Waals surface area contributed by atoms with Crippen LogP contribution in [0.3, 0.4) is 0 Å². The Hall–Kier alpha value is 0. The van der Waals surface area contributed by atoms with E-state index >= 15 is 0 Å². The largest absolute Gasteiger partial charge is 0.0656 e. The smallest absolute Gasteiger partial charge is 0.0318 e. The average Bonchev–Trinajstić information content (AvgIpc) is 1.99. The third-order valence-electron chi connectivity index (χ3n) is 4.34. The molecule has 0 saturated heterocycles. The van der Waals surface area contributed by atoms with E-state index in [1.54, 1.807) is 38.5 Å². The van der Waals surface area contributed by atoms with Gasteiger partial charge in [-0.1, -0.05) is 27.2 Å². The quantitative estimate of drug-likeness (QED) is 0.527. The lowest BCUT2D eigenvalue weighted by atomic mass is 9.50. The first-order chi connectivity index (χ1) is 6.65. The lowest BCUT2D eigenvalue weighted by molar-refractivity contribution is -0.0411. The SMILES string of the molecule is CC12CC3CC(CC(C3)C1)C2.CCC. The Labute approximate surface area is 89.5 Å². The summed E-state index contributed by atoms with van der Waals surface area (Å²) in [6, 6.07) is 0. The first kappa shape index (κ1) is 10.5. The van der Waals surface area contributed by atoms with Crippen molar-refractivity contribution in [2.24, 2.45) is 23.2 Å². The number of hydrogen-bond donors (Lipinski definition) is 0. The maximum absolute atomic E-state index is 2.54. The molecule has 0 radical (unpaired) electrons. The topological polar surface area (TPSA) is 0 Å². The van der Waals surface area contributed by atoms with Crippen LogP contribution in [0.25, 0.3) is 0 Å². The monoisotopic (exact) mass is 194 g/mol. The number of hydrogen-bond acceptors (Lipinski definition) is 0. The van der Waals surface area contributed by atoms with Gasteiger partial charge in [0.2, 0.25) is 0 Å². The van der Waals surface area contributed by atoms with Crippen LogP contribution in [0.1, 0.15) is 65.7 Å². The average molecular weight is 194 g/mol. The molecule has 0 aromatic rings. The van der Waals surface area contributed by atoms with Crippen LogP contribution in [-0.4, -0.2) is 0 Å². The summed E-state index contributed by atoms with van der Waals surface area (Å²) in [5, 5.41) is 0. The third kappa shape index (κ3) is 1.99. The predicted molar refractivity (Wildman–Crippen MR) is 62.2 cm³/mol. The molecule has 0 heteroatoms. The van der Waals surface area contributed by atoms with E-state index in [1.807, 2.05) is 0 Å². The Bertz CT molecular complexity index is 157. The van der Waals surface area contributed by atoms with Crippen molar-refractivity contribution in [2.45, 2.75) is 65.7 Å². The predicted octanol–water partition coefficient (Wildman–Crippen LogP) is 4.64. The van der Waals surface area contributed by atoms with Gasteiger partial charge in [0.05, 0.1) is 0 Å². The van der Waals surface area contributed by atoms with Gasteiger partial charge in [0, 0.05) is 0 Å². The molecular weight excluding hydrogens is 168 g/mol. The van der Waals surface area contributed by atoms with E-state index in [9.17, 15) is 0 Å². The summed E-state index contributed by atoms with van der Waals surface area (Å²) in [5.74, 6) is 3.43. The summed E-state index contributed by atoms with van der Waals surface area (Å²) in [7, 11) is 0. The van der Waals surface area contributed by atoms with Crippen molar-refractivity contribution in [3.8, 4) is 0 Å². The zero-order chi connectivity index (χ0) is 10.2. The van der Waals surface area contributed by atoms with Gasteiger partial charge in [-0.2, -0.15) is 0 Å². The van der Waals surface area contributed by atoms with Crippen molar-refractivity contribution in [3.63, 3.8) is 0 Å². The summed E-state index contributed by atoms with van der Waals surface area (Å²) >= 11 is 0. The summed E-state index contributed by atoms with van der Waals surface area (Å²) < 4.78 is 0. The van der Waals surface area contributed by atoms with Crippen LogP contribution in [0, 0.1) is 23.2 Å². The van der Waals surface area contributed by atoms with Gasteiger partial charge in [0.1, 0.15) is 0 Å². The summed E-state index contributed by atoms with van der Waals surface area (Å²) in [6.45, 7) is 6.79. The van der Waals surface area contributed by atoms with E-state index in [2.05, 4.69) is 20.8 Å². The third-order valence-corrected chi connectivity index (χ3v) is 4.34. The number of rotatable bonds is 0. The second-order valence-corrected chi connectivity index (χ2v) is 6.44. The Kier molecular flexibility index (Phi) is 2.91. The van der Waals surface area contributed by atoms with Crippen LogP contribution < -0.4 is 0 Å². The van der Waals surface area contributed by atoms with E-state index in [0.29, 0.717) is 0 Å². The van der Waals surface area contributed by atoms with Crippen molar-refractivity contribution >= 4 is 0 Å². The van der Waals surface area contributed by atoms with Gasteiger partial charge >= 0.3 is 0 Å². The van der Waals surface area contributed by atoms with E-state index in [1.165, 1.54) is 6.42 Å². The van der Waals surface area contributed by atoms with Gasteiger partial charge in [0.15, 0.2) is 0 Å². The summed E-state index contributed by atoms with van der Waals surface area (Å²) in [4.78, 5) is 0. The van der Waals surface area contributed by atoms with E-state index < -0.39 is 0 Å². The zero-order valence-electron chi connectivity index (χ0n) is 10.2. The molecule has 4 fully saturated rings. The normalized spacial score (nSPS) is 48.6. The van der Waals surface area contributed by atoms with Gasteiger partial charge in [-0.25, -0.2) is 0 Å². The molecule has 0 N–H and O–H groups in total. The molecule has 4 aliphatic rings. The molecule has 82 valence electrons. The van der Waals surface area contributed by atoms with Gasteiger partial charge in [0.25, 0.3) is 0 Å². The molecule has 4 saturated carbocycles. The highest BCUT2D eigenvalue weighted by atomic mass is 14.5. The fraction of sp³-hybridized carbons (Fsp3) is 1.00. The molecule has 0 unspecified atom stereocenters. The molecule has 4 bridgehead atoms. The summed E-state index contributed by atoms with van der Waals surface area (Å²) in [5.41, 5.74) is 0.800. The van der Waals surface area contributed by atoms with Crippen molar-refractivity contribution in [1.82, 2.24) is 0 Å². The van der Waals surface area contributed by atoms with E-state index in [0.717, 1.165) is 23.2 Å². The van der Waals surface area contributed by atoms with Crippen LogP contribution >= 0.6 is 0 Å². The standard InChI is InChI=1S/C11H18.C3H8/c1-11-5-8-2-9(6-11)4-10(3-8)7-11;1-3-2/h8-10H,2-7H2,1H3;3H2,1-2H3. The molecule has 4 rings (SSSR count). The van der Waals surface area contributed by atoms with Crippen molar-refractivity contribution in [1.29, 1.82) is 0 Å². The summed E-state index contributed by atoms with van der Waals surface area (Å²) in [6.07, 6.45) is 10.7. The molecule has 0 spiro atoms. The fourth-order valence-electron chi connectivity index (χ4n) is 4.54. The van der Waals surface area contributed by atoms with Crippen molar-refractivity contribution in [2.75, 3.05) is 0 Å². The molecule has 0 atom stereocenters. The Balaban J connectivity index is 0.000000226. The highest BCUT2D eigenvalue weighted by molar-refractivity contribution is 4.99. The lowest BCUT2D eigenvalue weighted by Gasteiger charge is -2.55. The molecular formula is C14H26. The Morgan fingerprint density at radius 3 is 1.36 bits per heavy atom. The fourth-order valence-corrected chi connectivity index (χ4v) is 4.54. The Morgan fingerprint density at radius 1 is 0.857 bits per heavy atom. The van der Waals surface area contributed by atoms with Crippen LogP contribution in [0.5, 0.6) is 0 Å². The van der Waals surface area contributed by atoms with Crippen LogP contribution in [0.2, 0.25) is 0 Å². The van der Waals surface area contributed by atoms with Gasteiger partial charge in [-0.15, -0.1) is 0 Å². The molecule has 0 amide bonds. The van der Waals surface area contributed by atoms with Crippen molar-refractivity contribution < 1.29 is 0 Å². The highest BCUT2D eigenvalue weighted by Gasteiger charge is 2.48. The minimum atomic E-state index is 0.800. The maximum Gasteiger partial charge on any atom is -0.0318 e. The molecule has 0 heterocycles. The first-order valence-corrected chi connectivity index (χ1v) is 6.65. The van der Waals surface area contributed by atoms with Crippen LogP contribution in [-0.2, 0) is 0 Å². The molecule has 0 aliphatic heterocycles. The van der Waals surface area contributed by atoms with Crippen LogP contribution in [0.15, 0.2) is 0 Å². The lowest BCUT2D eigenvalue weighted by Crippen LogP contribution is -2.44. The zero-order valence-corrected chi connectivity index (χ0v) is 10.2. The van der Waals surface area contributed by atoms with Crippen molar-refractivity contribution in [3.05, 3.63) is 0 Å². The second-order valence-electron chi connectivity index (χ2n) is 6.44. The maximum atomic E-state index is 2.54. The molecule has 0 nitrogen and oxygen atoms in total. The first-order valence-electron chi connectivity index (χ1n) is 6.65.